The van der Waals surface area contributed by atoms with Crippen LogP contribution in [0.2, 0.25) is 0 Å². The lowest BCUT2D eigenvalue weighted by Gasteiger charge is -2.24. The van der Waals surface area contributed by atoms with Gasteiger partial charge in [-0.3, -0.25) is 0 Å². The zero-order chi connectivity index (χ0) is 27.0. The van der Waals surface area contributed by atoms with E-state index in [1.54, 1.807) is 0 Å². The third-order valence-corrected chi connectivity index (χ3v) is 9.27. The molecule has 8 rings (SSSR count). The summed E-state index contributed by atoms with van der Waals surface area (Å²) in [7, 11) is 0. The number of para-hydroxylation sites is 2. The largest absolute Gasteiger partial charge is 0.309 e. The molecule has 0 radical (unpaired) electrons. The molecule has 0 saturated heterocycles. The normalized spacial score (nSPS) is 12.5. The van der Waals surface area contributed by atoms with Crippen LogP contribution in [0.4, 0.5) is 0 Å². The van der Waals surface area contributed by atoms with E-state index in [0.29, 0.717) is 0 Å². The number of hydrogen-bond acceptors (Lipinski definition) is 0. The SMILES string of the molecule is CCC(C)(C)c1cccc(-n2c3ccccc3c3c4cccc5ccc6cccc(c6c54)c3c3ccccc32)c1. The summed E-state index contributed by atoms with van der Waals surface area (Å²) in [6.07, 6.45) is 1.09. The molecule has 0 unspecified atom stereocenters. The van der Waals surface area contributed by atoms with Crippen LogP contribution in [0.5, 0.6) is 0 Å². The molecule has 0 bridgehead atoms. The van der Waals surface area contributed by atoms with E-state index < -0.39 is 0 Å². The summed E-state index contributed by atoms with van der Waals surface area (Å²) < 4.78 is 2.49. The summed E-state index contributed by atoms with van der Waals surface area (Å²) >= 11 is 0. The Morgan fingerprint density at radius 2 is 1.00 bits per heavy atom. The Morgan fingerprint density at radius 3 is 1.55 bits per heavy atom. The highest BCUT2D eigenvalue weighted by Gasteiger charge is 2.21. The van der Waals surface area contributed by atoms with Crippen molar-refractivity contribution in [2.45, 2.75) is 32.6 Å². The minimum atomic E-state index is 0.102. The highest BCUT2D eigenvalue weighted by atomic mass is 15.0. The van der Waals surface area contributed by atoms with Gasteiger partial charge in [0.2, 0.25) is 0 Å². The molecular weight excluding hydrogens is 482 g/mol. The van der Waals surface area contributed by atoms with Crippen LogP contribution in [0.1, 0.15) is 32.8 Å². The number of fused-ring (bicyclic) bond motifs is 7. The van der Waals surface area contributed by atoms with E-state index in [0.717, 1.165) is 6.42 Å². The fourth-order valence-corrected chi connectivity index (χ4v) is 6.84. The standard InChI is InChI=1S/C39H31N/c1-4-39(2,3)27-14-11-15-28(24-27)40-33-20-7-5-16-29(33)37-31-18-9-12-25-22-23-26-13-10-19-32(36(26)35(25)31)38(37)30-17-6-8-21-34(30)40/h5-24H,4H2,1-3H3. The Morgan fingerprint density at radius 1 is 0.500 bits per heavy atom. The molecule has 0 aliphatic carbocycles. The number of hydrogen-bond donors (Lipinski definition) is 0. The van der Waals surface area contributed by atoms with Crippen molar-refractivity contribution in [3.05, 3.63) is 127 Å². The minimum absolute atomic E-state index is 0.102. The Bertz CT molecular complexity index is 2150. The van der Waals surface area contributed by atoms with Crippen molar-refractivity contribution < 1.29 is 0 Å². The fraction of sp³-hybridized carbons (Fsp3) is 0.128. The van der Waals surface area contributed by atoms with Crippen LogP contribution in [0.15, 0.2) is 121 Å². The van der Waals surface area contributed by atoms with E-state index in [2.05, 4.69) is 147 Å². The number of nitrogens with zero attached hydrogens (tertiary/aromatic N) is 1. The third kappa shape index (κ3) is 3.15. The molecule has 0 fully saturated rings. The van der Waals surface area contributed by atoms with Gasteiger partial charge in [0.15, 0.2) is 0 Å². The van der Waals surface area contributed by atoms with E-state index in [-0.39, 0.29) is 5.41 Å². The lowest BCUT2D eigenvalue weighted by atomic mass is 9.82. The smallest absolute Gasteiger partial charge is 0.0540 e. The van der Waals surface area contributed by atoms with Crippen molar-refractivity contribution in [3.63, 3.8) is 0 Å². The van der Waals surface area contributed by atoms with Crippen molar-refractivity contribution in [2.24, 2.45) is 0 Å². The number of benzene rings is 7. The van der Waals surface area contributed by atoms with Crippen LogP contribution in [-0.2, 0) is 5.41 Å². The Kier molecular flexibility index (Phi) is 4.91. The lowest BCUT2D eigenvalue weighted by molar-refractivity contribution is 0.506. The molecule has 0 atom stereocenters. The fourth-order valence-electron chi connectivity index (χ4n) is 6.84. The molecule has 0 N–H and O–H groups in total. The van der Waals surface area contributed by atoms with Gasteiger partial charge >= 0.3 is 0 Å². The molecule has 7 aromatic carbocycles. The molecule has 8 aromatic rings. The highest BCUT2D eigenvalue weighted by Crippen LogP contribution is 2.45. The van der Waals surface area contributed by atoms with Crippen molar-refractivity contribution in [1.29, 1.82) is 0 Å². The molecule has 0 saturated carbocycles. The van der Waals surface area contributed by atoms with Gasteiger partial charge < -0.3 is 4.57 Å². The molecule has 0 amide bonds. The Balaban J connectivity index is 1.71. The van der Waals surface area contributed by atoms with Crippen molar-refractivity contribution in [1.82, 2.24) is 4.57 Å². The second-order valence-electron chi connectivity index (χ2n) is 11.8. The lowest BCUT2D eigenvalue weighted by Crippen LogP contribution is -2.15. The highest BCUT2D eigenvalue weighted by molar-refractivity contribution is 6.40. The zero-order valence-electron chi connectivity index (χ0n) is 23.2. The second-order valence-corrected chi connectivity index (χ2v) is 11.8. The quantitative estimate of drug-likeness (QED) is 0.207. The summed E-state index contributed by atoms with van der Waals surface area (Å²) in [6.45, 7) is 6.96. The van der Waals surface area contributed by atoms with Gasteiger partial charge in [0.25, 0.3) is 0 Å². The van der Waals surface area contributed by atoms with Gasteiger partial charge in [-0.2, -0.15) is 0 Å². The van der Waals surface area contributed by atoms with E-state index in [1.807, 2.05) is 0 Å². The first kappa shape index (κ1) is 23.3. The minimum Gasteiger partial charge on any atom is -0.309 e. The topological polar surface area (TPSA) is 4.93 Å². The van der Waals surface area contributed by atoms with Crippen LogP contribution in [0.3, 0.4) is 0 Å². The molecule has 1 nitrogen and oxygen atoms in total. The van der Waals surface area contributed by atoms with Crippen LogP contribution < -0.4 is 0 Å². The van der Waals surface area contributed by atoms with E-state index >= 15 is 0 Å². The average molecular weight is 514 g/mol. The van der Waals surface area contributed by atoms with Crippen molar-refractivity contribution >= 4 is 64.9 Å². The maximum atomic E-state index is 2.49. The van der Waals surface area contributed by atoms with Crippen LogP contribution in [-0.4, -0.2) is 4.57 Å². The van der Waals surface area contributed by atoms with Gasteiger partial charge in [-0.05, 0) is 74.0 Å². The molecule has 1 heteroatoms. The first-order valence-corrected chi connectivity index (χ1v) is 14.4. The molecule has 1 heterocycles. The van der Waals surface area contributed by atoms with Gasteiger partial charge in [0.1, 0.15) is 0 Å². The number of rotatable bonds is 3. The van der Waals surface area contributed by atoms with Gasteiger partial charge in [-0.25, -0.2) is 0 Å². The summed E-state index contributed by atoms with van der Waals surface area (Å²) in [5.74, 6) is 0. The first-order valence-electron chi connectivity index (χ1n) is 14.4. The summed E-state index contributed by atoms with van der Waals surface area (Å²) in [6, 6.07) is 45.3. The van der Waals surface area contributed by atoms with E-state index in [1.165, 1.54) is 76.1 Å². The average Bonchev–Trinajstić information content (AvgIpc) is 3.13. The maximum Gasteiger partial charge on any atom is 0.0540 e. The molecule has 0 spiro atoms. The number of aromatic nitrogens is 1. The van der Waals surface area contributed by atoms with Crippen molar-refractivity contribution in [2.75, 3.05) is 0 Å². The zero-order valence-corrected chi connectivity index (χ0v) is 23.2. The third-order valence-electron chi connectivity index (χ3n) is 9.27. The van der Waals surface area contributed by atoms with Crippen LogP contribution in [0, 0.1) is 0 Å². The molecular formula is C39H31N. The van der Waals surface area contributed by atoms with Gasteiger partial charge in [0, 0.05) is 27.2 Å². The predicted octanol–water partition coefficient (Wildman–Crippen LogP) is 11.1. The van der Waals surface area contributed by atoms with E-state index in [4.69, 9.17) is 0 Å². The van der Waals surface area contributed by atoms with Crippen LogP contribution in [0.25, 0.3) is 70.6 Å². The monoisotopic (exact) mass is 513 g/mol. The van der Waals surface area contributed by atoms with Gasteiger partial charge in [-0.1, -0.05) is 118 Å². The maximum absolute atomic E-state index is 2.49. The summed E-state index contributed by atoms with van der Waals surface area (Å²) in [4.78, 5) is 0. The van der Waals surface area contributed by atoms with E-state index in [9.17, 15) is 0 Å². The molecule has 0 aliphatic rings. The molecule has 40 heavy (non-hydrogen) atoms. The Labute approximate surface area is 234 Å². The van der Waals surface area contributed by atoms with Gasteiger partial charge in [0.05, 0.1) is 11.0 Å². The summed E-state index contributed by atoms with van der Waals surface area (Å²) in [5, 5.41) is 13.2. The van der Waals surface area contributed by atoms with Crippen molar-refractivity contribution in [3.8, 4) is 5.69 Å². The molecule has 0 aliphatic heterocycles. The Hall–Kier alpha value is -4.62. The van der Waals surface area contributed by atoms with Crippen LogP contribution >= 0.6 is 0 Å². The molecule has 1 aromatic heterocycles. The molecule has 192 valence electrons. The first-order chi connectivity index (χ1) is 19.6. The predicted molar refractivity (Wildman–Crippen MR) is 174 cm³/mol. The second kappa shape index (κ2) is 8.44. The summed E-state index contributed by atoms with van der Waals surface area (Å²) in [5.41, 5.74) is 5.11. The van der Waals surface area contributed by atoms with Gasteiger partial charge in [-0.15, -0.1) is 0 Å².